The summed E-state index contributed by atoms with van der Waals surface area (Å²) in [5, 5.41) is 1.02. The molecule has 0 aliphatic rings. The molecule has 0 bridgehead atoms. The fourth-order valence-electron chi connectivity index (χ4n) is 3.74. The third kappa shape index (κ3) is 5.88. The van der Waals surface area contributed by atoms with Crippen LogP contribution in [-0.2, 0) is 22.4 Å². The first-order chi connectivity index (χ1) is 16.5. The van der Waals surface area contributed by atoms with Crippen molar-refractivity contribution in [2.75, 3.05) is 13.7 Å². The highest BCUT2D eigenvalue weighted by molar-refractivity contribution is 7.15. The highest BCUT2D eigenvalue weighted by Gasteiger charge is 2.11. The quantitative estimate of drug-likeness (QED) is 0.271. The average molecular weight is 473 g/mol. The normalized spacial score (nSPS) is 10.8. The van der Waals surface area contributed by atoms with E-state index in [2.05, 4.69) is 36.2 Å². The monoisotopic (exact) mass is 472 g/mol. The molecule has 0 amide bonds. The van der Waals surface area contributed by atoms with Crippen molar-refractivity contribution >= 4 is 17.3 Å². The number of carbonyl (C=O) groups is 1. The lowest BCUT2D eigenvalue weighted by atomic mass is 10.0. The molecule has 0 atom stereocenters. The summed E-state index contributed by atoms with van der Waals surface area (Å²) in [6.07, 6.45) is 3.61. The van der Waals surface area contributed by atoms with Gasteiger partial charge in [-0.05, 0) is 55.7 Å². The number of aromatic nitrogens is 2. The Morgan fingerprint density at radius 2 is 1.76 bits per heavy atom. The molecule has 0 N–H and O–H groups in total. The van der Waals surface area contributed by atoms with Crippen molar-refractivity contribution in [2.45, 2.75) is 33.1 Å². The van der Waals surface area contributed by atoms with Crippen LogP contribution in [0.2, 0.25) is 0 Å². The van der Waals surface area contributed by atoms with E-state index < -0.39 is 0 Å². The molecular formula is C28H28N2O3S. The predicted octanol–water partition coefficient (Wildman–Crippen LogP) is 6.22. The zero-order chi connectivity index (χ0) is 23.9. The number of hydrogen-bond donors (Lipinski definition) is 0. The third-order valence-electron chi connectivity index (χ3n) is 5.73. The minimum absolute atomic E-state index is 0.193. The minimum Gasteiger partial charge on any atom is -0.493 e. The number of ether oxygens (including phenoxy) is 2. The molecule has 2 aromatic heterocycles. The van der Waals surface area contributed by atoms with Crippen LogP contribution in [0, 0.1) is 13.8 Å². The summed E-state index contributed by atoms with van der Waals surface area (Å²) < 4.78 is 10.7. The van der Waals surface area contributed by atoms with Crippen LogP contribution in [0.4, 0.5) is 0 Å². The highest BCUT2D eigenvalue weighted by Crippen LogP contribution is 2.30. The van der Waals surface area contributed by atoms with Crippen LogP contribution < -0.4 is 4.74 Å². The Bertz CT molecular complexity index is 1250. The van der Waals surface area contributed by atoms with E-state index in [4.69, 9.17) is 14.5 Å². The number of hydrogen-bond acceptors (Lipinski definition) is 6. The standard InChI is InChI=1S/C28H28N2O3S/c1-19-18-24(13-11-21(19)12-14-27(31)32-3)33-17-15-25-20(2)34-28(30-25)23-9-7-22(8-10-23)26-6-4-5-16-29-26/h4-11,13,16,18H,12,14-15,17H2,1-3H3. The third-order valence-corrected chi connectivity index (χ3v) is 6.80. The molecule has 6 heteroatoms. The van der Waals surface area contributed by atoms with Gasteiger partial charge in [-0.3, -0.25) is 9.78 Å². The van der Waals surface area contributed by atoms with Gasteiger partial charge in [0.1, 0.15) is 10.8 Å². The number of methoxy groups -OCH3 is 1. The maximum atomic E-state index is 11.4. The van der Waals surface area contributed by atoms with Crippen LogP contribution >= 0.6 is 11.3 Å². The van der Waals surface area contributed by atoms with Crippen molar-refractivity contribution < 1.29 is 14.3 Å². The number of carbonyl (C=O) groups excluding carboxylic acids is 1. The molecule has 2 heterocycles. The summed E-state index contributed by atoms with van der Waals surface area (Å²) in [5.74, 6) is 0.638. The molecule has 0 saturated heterocycles. The molecular weight excluding hydrogens is 444 g/mol. The molecule has 174 valence electrons. The second-order valence-electron chi connectivity index (χ2n) is 8.08. The first-order valence-electron chi connectivity index (χ1n) is 11.3. The first-order valence-corrected chi connectivity index (χ1v) is 12.1. The Balaban J connectivity index is 1.35. The maximum Gasteiger partial charge on any atom is 0.305 e. The topological polar surface area (TPSA) is 61.3 Å². The fraction of sp³-hybridized carbons (Fsp3) is 0.250. The van der Waals surface area contributed by atoms with Gasteiger partial charge < -0.3 is 9.47 Å². The van der Waals surface area contributed by atoms with E-state index in [1.807, 2.05) is 49.5 Å². The lowest BCUT2D eigenvalue weighted by Crippen LogP contribution is -2.04. The Kier molecular flexibility index (Phi) is 7.70. The van der Waals surface area contributed by atoms with E-state index in [9.17, 15) is 4.79 Å². The Labute approximate surface area is 204 Å². The van der Waals surface area contributed by atoms with Gasteiger partial charge in [0.2, 0.25) is 0 Å². The lowest BCUT2D eigenvalue weighted by molar-refractivity contribution is -0.140. The van der Waals surface area contributed by atoms with Gasteiger partial charge in [-0.1, -0.05) is 36.4 Å². The summed E-state index contributed by atoms with van der Waals surface area (Å²) in [4.78, 5) is 21.9. The molecule has 4 rings (SSSR count). The highest BCUT2D eigenvalue weighted by atomic mass is 32.1. The lowest BCUT2D eigenvalue weighted by Gasteiger charge is -2.10. The van der Waals surface area contributed by atoms with Gasteiger partial charge in [-0.15, -0.1) is 11.3 Å². The summed E-state index contributed by atoms with van der Waals surface area (Å²) in [6, 6.07) is 20.3. The van der Waals surface area contributed by atoms with Crippen LogP contribution in [0.25, 0.3) is 21.8 Å². The fourth-order valence-corrected chi connectivity index (χ4v) is 4.71. The van der Waals surface area contributed by atoms with Crippen molar-refractivity contribution in [3.05, 3.63) is 88.6 Å². The van der Waals surface area contributed by atoms with Crippen LogP contribution in [0.5, 0.6) is 5.75 Å². The number of esters is 1. The Morgan fingerprint density at radius 3 is 2.47 bits per heavy atom. The molecule has 34 heavy (non-hydrogen) atoms. The van der Waals surface area contributed by atoms with E-state index >= 15 is 0 Å². The van der Waals surface area contributed by atoms with Crippen molar-refractivity contribution in [1.29, 1.82) is 0 Å². The summed E-state index contributed by atoms with van der Waals surface area (Å²) in [6.45, 7) is 4.71. The van der Waals surface area contributed by atoms with Crippen molar-refractivity contribution in [3.63, 3.8) is 0 Å². The SMILES string of the molecule is COC(=O)CCc1ccc(OCCc2nc(-c3ccc(-c4ccccn4)cc3)sc2C)cc1C. The van der Waals surface area contributed by atoms with Gasteiger partial charge in [-0.25, -0.2) is 4.98 Å². The summed E-state index contributed by atoms with van der Waals surface area (Å²) in [5.41, 5.74) is 6.49. The van der Waals surface area contributed by atoms with Gasteiger partial charge in [-0.2, -0.15) is 0 Å². The zero-order valence-corrected chi connectivity index (χ0v) is 20.5. The van der Waals surface area contributed by atoms with Crippen LogP contribution in [0.15, 0.2) is 66.9 Å². The Morgan fingerprint density at radius 1 is 0.971 bits per heavy atom. The van der Waals surface area contributed by atoms with E-state index in [0.717, 1.165) is 50.8 Å². The maximum absolute atomic E-state index is 11.4. The smallest absolute Gasteiger partial charge is 0.305 e. The molecule has 0 fully saturated rings. The van der Waals surface area contributed by atoms with Gasteiger partial charge >= 0.3 is 5.97 Å². The first kappa shape index (κ1) is 23.6. The van der Waals surface area contributed by atoms with Crippen molar-refractivity contribution in [1.82, 2.24) is 9.97 Å². The average Bonchev–Trinajstić information content (AvgIpc) is 3.24. The molecule has 0 unspecified atom stereocenters. The van der Waals surface area contributed by atoms with E-state index in [0.29, 0.717) is 19.4 Å². The second-order valence-corrected chi connectivity index (χ2v) is 9.28. The molecule has 2 aromatic carbocycles. The minimum atomic E-state index is -0.193. The summed E-state index contributed by atoms with van der Waals surface area (Å²) in [7, 11) is 1.42. The molecule has 5 nitrogen and oxygen atoms in total. The molecule has 0 saturated carbocycles. The van der Waals surface area contributed by atoms with Gasteiger partial charge in [0.15, 0.2) is 0 Å². The second kappa shape index (κ2) is 11.1. The van der Waals surface area contributed by atoms with E-state index in [1.165, 1.54) is 12.0 Å². The number of pyridine rings is 1. The number of nitrogens with zero attached hydrogens (tertiary/aromatic N) is 2. The van der Waals surface area contributed by atoms with Crippen LogP contribution in [0.3, 0.4) is 0 Å². The van der Waals surface area contributed by atoms with Crippen molar-refractivity contribution in [3.8, 4) is 27.6 Å². The summed E-state index contributed by atoms with van der Waals surface area (Å²) >= 11 is 1.71. The van der Waals surface area contributed by atoms with Crippen LogP contribution in [0.1, 0.15) is 28.1 Å². The van der Waals surface area contributed by atoms with Gasteiger partial charge in [0, 0.05) is 35.0 Å². The number of aryl methyl sites for hydroxylation is 3. The predicted molar refractivity (Wildman–Crippen MR) is 136 cm³/mol. The molecule has 0 aliphatic heterocycles. The molecule has 4 aromatic rings. The largest absolute Gasteiger partial charge is 0.493 e. The number of thiazole rings is 1. The molecule has 0 radical (unpaired) electrons. The number of benzene rings is 2. The van der Waals surface area contributed by atoms with E-state index in [-0.39, 0.29) is 5.97 Å². The van der Waals surface area contributed by atoms with Gasteiger partial charge in [0.05, 0.1) is 25.1 Å². The van der Waals surface area contributed by atoms with Crippen molar-refractivity contribution in [2.24, 2.45) is 0 Å². The molecule has 0 aliphatic carbocycles. The van der Waals surface area contributed by atoms with Crippen LogP contribution in [-0.4, -0.2) is 29.7 Å². The Hall–Kier alpha value is -3.51. The number of rotatable bonds is 9. The van der Waals surface area contributed by atoms with E-state index in [1.54, 1.807) is 11.3 Å². The zero-order valence-electron chi connectivity index (χ0n) is 19.7. The molecule has 0 spiro atoms. The van der Waals surface area contributed by atoms with Gasteiger partial charge in [0.25, 0.3) is 0 Å².